The minimum Gasteiger partial charge on any atom is -0.380 e. The van der Waals surface area contributed by atoms with Gasteiger partial charge < -0.3 is 15.8 Å². The minimum absolute atomic E-state index is 0.191. The molecule has 3 N–H and O–H groups in total. The third-order valence-electron chi connectivity index (χ3n) is 3.49. The van der Waals surface area contributed by atoms with Gasteiger partial charge >= 0.3 is 0 Å². The zero-order chi connectivity index (χ0) is 12.1. The van der Waals surface area contributed by atoms with Gasteiger partial charge in [0.15, 0.2) is 0 Å². The van der Waals surface area contributed by atoms with E-state index in [-0.39, 0.29) is 6.10 Å². The van der Waals surface area contributed by atoms with Crippen molar-refractivity contribution in [1.82, 2.24) is 5.32 Å². The molecule has 1 saturated carbocycles. The minimum atomic E-state index is 0.191. The van der Waals surface area contributed by atoms with Crippen LogP contribution in [0.5, 0.6) is 0 Å². The molecular formula is C14H22N2O. The summed E-state index contributed by atoms with van der Waals surface area (Å²) in [5.41, 5.74) is 7.03. The highest BCUT2D eigenvalue weighted by molar-refractivity contribution is 5.27. The maximum atomic E-state index is 5.58. The van der Waals surface area contributed by atoms with E-state index in [0.717, 1.165) is 13.0 Å². The summed E-state index contributed by atoms with van der Waals surface area (Å²) >= 11 is 0. The molecule has 0 aromatic heterocycles. The van der Waals surface area contributed by atoms with Crippen LogP contribution in [0.4, 0.5) is 0 Å². The van der Waals surface area contributed by atoms with Gasteiger partial charge in [-0.05, 0) is 24.9 Å². The molecule has 1 aromatic carbocycles. The van der Waals surface area contributed by atoms with Gasteiger partial charge in [-0.2, -0.15) is 0 Å². The second-order valence-corrected chi connectivity index (χ2v) is 4.70. The summed E-state index contributed by atoms with van der Waals surface area (Å²) in [4.78, 5) is 0. The van der Waals surface area contributed by atoms with Crippen molar-refractivity contribution in [3.8, 4) is 0 Å². The van der Waals surface area contributed by atoms with E-state index in [1.807, 2.05) is 0 Å². The van der Waals surface area contributed by atoms with Crippen LogP contribution in [0, 0.1) is 0 Å². The molecule has 3 unspecified atom stereocenters. The third kappa shape index (κ3) is 3.53. The first-order valence-electron chi connectivity index (χ1n) is 6.36. The number of rotatable bonds is 7. The van der Waals surface area contributed by atoms with Crippen LogP contribution in [0.1, 0.15) is 24.3 Å². The number of ether oxygens (including phenoxy) is 1. The van der Waals surface area contributed by atoms with Gasteiger partial charge in [0.25, 0.3) is 0 Å². The fraction of sp³-hybridized carbons (Fsp3) is 0.571. The number of nitrogens with two attached hydrogens (primary N) is 1. The first-order valence-corrected chi connectivity index (χ1v) is 6.36. The Bertz CT molecular complexity index is 324. The Balaban J connectivity index is 1.67. The van der Waals surface area contributed by atoms with Gasteiger partial charge in [-0.1, -0.05) is 30.3 Å². The zero-order valence-electron chi connectivity index (χ0n) is 10.4. The van der Waals surface area contributed by atoms with Crippen molar-refractivity contribution in [2.24, 2.45) is 5.73 Å². The molecule has 1 aromatic rings. The molecule has 0 radical (unpaired) electrons. The zero-order valence-corrected chi connectivity index (χ0v) is 10.4. The van der Waals surface area contributed by atoms with Crippen molar-refractivity contribution in [2.45, 2.75) is 30.9 Å². The van der Waals surface area contributed by atoms with E-state index in [9.17, 15) is 0 Å². The van der Waals surface area contributed by atoms with Crippen molar-refractivity contribution >= 4 is 0 Å². The first-order chi connectivity index (χ1) is 8.35. The van der Waals surface area contributed by atoms with E-state index < -0.39 is 0 Å². The van der Waals surface area contributed by atoms with E-state index in [1.54, 1.807) is 7.11 Å². The van der Waals surface area contributed by atoms with Crippen LogP contribution < -0.4 is 11.1 Å². The van der Waals surface area contributed by atoms with E-state index >= 15 is 0 Å². The largest absolute Gasteiger partial charge is 0.380 e. The molecule has 17 heavy (non-hydrogen) atoms. The molecular weight excluding hydrogens is 212 g/mol. The van der Waals surface area contributed by atoms with Gasteiger partial charge in [-0.3, -0.25) is 0 Å². The van der Waals surface area contributed by atoms with Crippen LogP contribution in [-0.2, 0) is 4.74 Å². The van der Waals surface area contributed by atoms with Crippen molar-refractivity contribution < 1.29 is 4.74 Å². The quantitative estimate of drug-likeness (QED) is 0.751. The van der Waals surface area contributed by atoms with Crippen molar-refractivity contribution in [3.05, 3.63) is 35.9 Å². The molecule has 94 valence electrons. The number of hydrogen-bond acceptors (Lipinski definition) is 3. The average Bonchev–Trinajstić information content (AvgIpc) is 3.15. The molecule has 1 aliphatic rings. The molecule has 0 heterocycles. The molecule has 1 aliphatic carbocycles. The van der Waals surface area contributed by atoms with Crippen LogP contribution in [0.25, 0.3) is 0 Å². The Morgan fingerprint density at radius 2 is 2.18 bits per heavy atom. The molecule has 0 bridgehead atoms. The predicted molar refractivity (Wildman–Crippen MR) is 70.1 cm³/mol. The van der Waals surface area contributed by atoms with Crippen LogP contribution in [0.15, 0.2) is 30.3 Å². The van der Waals surface area contributed by atoms with Gasteiger partial charge in [-0.25, -0.2) is 0 Å². The lowest BCUT2D eigenvalue weighted by molar-refractivity contribution is 0.102. The molecule has 3 heteroatoms. The number of benzene rings is 1. The van der Waals surface area contributed by atoms with Crippen LogP contribution >= 0.6 is 0 Å². The highest BCUT2D eigenvalue weighted by Gasteiger charge is 2.37. The molecule has 1 fully saturated rings. The Morgan fingerprint density at radius 3 is 2.82 bits per heavy atom. The lowest BCUT2D eigenvalue weighted by atomic mass is 10.1. The summed E-state index contributed by atoms with van der Waals surface area (Å²) in [6.45, 7) is 1.59. The first kappa shape index (κ1) is 12.6. The lowest BCUT2D eigenvalue weighted by Gasteiger charge is -2.12. The smallest absolute Gasteiger partial charge is 0.0705 e. The molecule has 3 atom stereocenters. The Labute approximate surface area is 103 Å². The van der Waals surface area contributed by atoms with Gasteiger partial charge in [0.05, 0.1) is 6.10 Å². The maximum Gasteiger partial charge on any atom is 0.0705 e. The maximum absolute atomic E-state index is 5.58. The number of methoxy groups -OCH3 is 1. The molecule has 2 rings (SSSR count). The Hall–Kier alpha value is -0.900. The molecule has 3 nitrogen and oxygen atoms in total. The number of nitrogens with one attached hydrogen (secondary N) is 1. The lowest BCUT2D eigenvalue weighted by Crippen LogP contribution is -2.28. The summed E-state index contributed by atoms with van der Waals surface area (Å²) in [5.74, 6) is 0.704. The normalized spacial score (nSPS) is 24.6. The summed E-state index contributed by atoms with van der Waals surface area (Å²) in [7, 11) is 1.72. The van der Waals surface area contributed by atoms with Crippen molar-refractivity contribution in [1.29, 1.82) is 0 Å². The van der Waals surface area contributed by atoms with Crippen LogP contribution in [-0.4, -0.2) is 32.3 Å². The highest BCUT2D eigenvalue weighted by Crippen LogP contribution is 2.40. The summed E-state index contributed by atoms with van der Waals surface area (Å²) in [5, 5.41) is 3.57. The molecule has 0 spiro atoms. The van der Waals surface area contributed by atoms with Gasteiger partial charge in [0.2, 0.25) is 0 Å². The molecule has 0 amide bonds. The Kier molecular flexibility index (Phi) is 4.54. The summed E-state index contributed by atoms with van der Waals surface area (Å²) in [6, 6.07) is 11.4. The molecule has 0 aliphatic heterocycles. The number of hydrogen-bond donors (Lipinski definition) is 2. The van der Waals surface area contributed by atoms with Crippen molar-refractivity contribution in [3.63, 3.8) is 0 Å². The summed E-state index contributed by atoms with van der Waals surface area (Å²) < 4.78 is 5.25. The van der Waals surface area contributed by atoms with E-state index in [4.69, 9.17) is 10.5 Å². The van der Waals surface area contributed by atoms with Crippen LogP contribution in [0.3, 0.4) is 0 Å². The third-order valence-corrected chi connectivity index (χ3v) is 3.49. The second-order valence-electron chi connectivity index (χ2n) is 4.70. The van der Waals surface area contributed by atoms with Gasteiger partial charge in [0, 0.05) is 25.6 Å². The van der Waals surface area contributed by atoms with Gasteiger partial charge in [0.1, 0.15) is 0 Å². The topological polar surface area (TPSA) is 47.3 Å². The fourth-order valence-electron chi connectivity index (χ4n) is 2.25. The van der Waals surface area contributed by atoms with E-state index in [2.05, 4.69) is 35.6 Å². The molecule has 0 saturated heterocycles. The van der Waals surface area contributed by atoms with E-state index in [0.29, 0.717) is 18.5 Å². The monoisotopic (exact) mass is 234 g/mol. The van der Waals surface area contributed by atoms with E-state index in [1.165, 1.54) is 12.0 Å². The summed E-state index contributed by atoms with van der Waals surface area (Å²) in [6.07, 6.45) is 2.44. The van der Waals surface area contributed by atoms with Crippen LogP contribution in [0.2, 0.25) is 0 Å². The highest BCUT2D eigenvalue weighted by atomic mass is 16.5. The average molecular weight is 234 g/mol. The standard InChI is InChI=1S/C14H22N2O/c1-17-12(10-15)7-8-16-14-9-13(14)11-5-3-2-4-6-11/h2-6,12-14,16H,7-10,15H2,1H3. The predicted octanol–water partition coefficient (Wildman–Crippen LogP) is 1.50. The SMILES string of the molecule is COC(CN)CCNC1CC1c1ccccc1. The fourth-order valence-corrected chi connectivity index (χ4v) is 2.25. The Morgan fingerprint density at radius 1 is 1.41 bits per heavy atom. The second kappa shape index (κ2) is 6.15. The van der Waals surface area contributed by atoms with Gasteiger partial charge in [-0.15, -0.1) is 0 Å². The van der Waals surface area contributed by atoms with Crippen molar-refractivity contribution in [2.75, 3.05) is 20.2 Å².